The second-order valence-electron chi connectivity index (χ2n) is 7.62. The lowest BCUT2D eigenvalue weighted by Crippen LogP contribution is -2.45. The Labute approximate surface area is 171 Å². The van der Waals surface area contributed by atoms with Crippen molar-refractivity contribution >= 4 is 17.3 Å². The van der Waals surface area contributed by atoms with Gasteiger partial charge in [0.1, 0.15) is 5.69 Å². The molecule has 0 radical (unpaired) electrons. The van der Waals surface area contributed by atoms with Crippen molar-refractivity contribution in [3.05, 3.63) is 69.3 Å². The molecular weight excluding hydrogens is 368 g/mol. The number of anilines is 1. The van der Waals surface area contributed by atoms with Gasteiger partial charge in [-0.1, -0.05) is 31.2 Å². The third kappa shape index (κ3) is 4.74. The number of benzene rings is 2. The normalized spacial score (nSPS) is 14.7. The third-order valence-corrected chi connectivity index (χ3v) is 5.56. The van der Waals surface area contributed by atoms with Crippen molar-refractivity contribution in [1.82, 2.24) is 10.2 Å². The van der Waals surface area contributed by atoms with Crippen LogP contribution >= 0.6 is 0 Å². The van der Waals surface area contributed by atoms with Crippen molar-refractivity contribution in [2.45, 2.75) is 32.4 Å². The van der Waals surface area contributed by atoms with E-state index in [1.54, 1.807) is 31.1 Å². The van der Waals surface area contributed by atoms with Gasteiger partial charge in [0.25, 0.3) is 11.6 Å². The van der Waals surface area contributed by atoms with Crippen LogP contribution in [-0.2, 0) is 13.0 Å². The molecule has 0 aliphatic carbocycles. The maximum absolute atomic E-state index is 12.6. The van der Waals surface area contributed by atoms with Gasteiger partial charge in [-0.2, -0.15) is 0 Å². The second kappa shape index (κ2) is 9.05. The highest BCUT2D eigenvalue weighted by Gasteiger charge is 2.24. The van der Waals surface area contributed by atoms with Gasteiger partial charge >= 0.3 is 0 Å². The van der Waals surface area contributed by atoms with E-state index in [9.17, 15) is 14.9 Å². The van der Waals surface area contributed by atoms with Crippen LogP contribution in [0, 0.1) is 10.1 Å². The quantitative estimate of drug-likeness (QED) is 0.574. The first kappa shape index (κ1) is 20.8. The summed E-state index contributed by atoms with van der Waals surface area (Å²) in [5.41, 5.74) is 3.46. The summed E-state index contributed by atoms with van der Waals surface area (Å²) in [6, 6.07) is 13.3. The van der Waals surface area contributed by atoms with Gasteiger partial charge in [-0.15, -0.1) is 0 Å². The SMILES string of the molecule is CCC(CNC(=O)c1ccc(N(C)C)c([N+](=O)[O-])c1)N1CCc2ccccc2C1. The van der Waals surface area contributed by atoms with Crippen molar-refractivity contribution in [1.29, 1.82) is 0 Å². The van der Waals surface area contributed by atoms with Crippen LogP contribution < -0.4 is 10.2 Å². The molecule has 1 heterocycles. The van der Waals surface area contributed by atoms with Crippen molar-refractivity contribution in [3.63, 3.8) is 0 Å². The minimum atomic E-state index is -0.452. The standard InChI is InChI=1S/C22H28N4O3/c1-4-19(25-12-11-16-7-5-6-8-18(16)15-25)14-23-22(27)17-9-10-20(24(2)3)21(13-17)26(28)29/h5-10,13,19H,4,11-12,14-15H2,1-3H3,(H,23,27). The van der Waals surface area contributed by atoms with E-state index >= 15 is 0 Å². The van der Waals surface area contributed by atoms with Gasteiger partial charge < -0.3 is 10.2 Å². The number of nitrogens with one attached hydrogen (secondary N) is 1. The minimum absolute atomic E-state index is 0.0673. The molecule has 1 aliphatic heterocycles. The minimum Gasteiger partial charge on any atom is -0.372 e. The lowest BCUT2D eigenvalue weighted by atomic mass is 9.98. The van der Waals surface area contributed by atoms with Crippen molar-refractivity contribution in [3.8, 4) is 0 Å². The van der Waals surface area contributed by atoms with E-state index < -0.39 is 4.92 Å². The van der Waals surface area contributed by atoms with E-state index in [-0.39, 0.29) is 17.6 Å². The number of carbonyl (C=O) groups excluding carboxylic acids is 1. The van der Waals surface area contributed by atoms with Gasteiger partial charge in [0.15, 0.2) is 0 Å². The number of rotatable bonds is 7. The summed E-state index contributed by atoms with van der Waals surface area (Å²) in [5, 5.41) is 14.3. The Balaban J connectivity index is 1.66. The molecule has 1 N–H and O–H groups in total. The first-order chi connectivity index (χ1) is 13.9. The molecule has 29 heavy (non-hydrogen) atoms. The predicted molar refractivity (Wildman–Crippen MR) is 114 cm³/mol. The number of nitro groups is 1. The molecule has 7 heteroatoms. The number of nitrogens with zero attached hydrogens (tertiary/aromatic N) is 3. The van der Waals surface area contributed by atoms with Gasteiger partial charge in [-0.3, -0.25) is 19.8 Å². The smallest absolute Gasteiger partial charge is 0.293 e. The van der Waals surface area contributed by atoms with E-state index in [4.69, 9.17) is 0 Å². The molecule has 1 aliphatic rings. The molecule has 0 bridgehead atoms. The van der Waals surface area contributed by atoms with Crippen LogP contribution in [0.3, 0.4) is 0 Å². The molecule has 1 atom stereocenters. The largest absolute Gasteiger partial charge is 0.372 e. The molecule has 0 saturated carbocycles. The zero-order valence-electron chi connectivity index (χ0n) is 17.2. The zero-order valence-corrected chi connectivity index (χ0v) is 17.2. The van der Waals surface area contributed by atoms with E-state index in [0.29, 0.717) is 17.8 Å². The molecule has 1 amide bonds. The predicted octanol–water partition coefficient (Wildman–Crippen LogP) is 3.23. The van der Waals surface area contributed by atoms with Crippen LogP contribution in [0.2, 0.25) is 0 Å². The van der Waals surface area contributed by atoms with Crippen LogP contribution in [0.15, 0.2) is 42.5 Å². The molecule has 0 spiro atoms. The number of amides is 1. The van der Waals surface area contributed by atoms with Crippen molar-refractivity contribution in [2.24, 2.45) is 0 Å². The van der Waals surface area contributed by atoms with Crippen LogP contribution in [-0.4, -0.2) is 49.0 Å². The highest BCUT2D eigenvalue weighted by atomic mass is 16.6. The Hall–Kier alpha value is -2.93. The van der Waals surface area contributed by atoms with E-state index in [0.717, 1.165) is 25.9 Å². The monoisotopic (exact) mass is 396 g/mol. The topological polar surface area (TPSA) is 78.7 Å². The van der Waals surface area contributed by atoms with Gasteiger partial charge in [0.2, 0.25) is 0 Å². The molecule has 3 rings (SSSR count). The Kier molecular flexibility index (Phi) is 6.49. The second-order valence-corrected chi connectivity index (χ2v) is 7.62. The summed E-state index contributed by atoms with van der Waals surface area (Å²) in [4.78, 5) is 27.6. The lowest BCUT2D eigenvalue weighted by molar-refractivity contribution is -0.384. The van der Waals surface area contributed by atoms with Gasteiger partial charge in [-0.05, 0) is 36.1 Å². The average Bonchev–Trinajstić information content (AvgIpc) is 2.73. The molecule has 2 aromatic carbocycles. The fourth-order valence-electron chi connectivity index (χ4n) is 3.86. The molecule has 0 aromatic heterocycles. The number of hydrogen-bond acceptors (Lipinski definition) is 5. The Morgan fingerprint density at radius 2 is 1.97 bits per heavy atom. The molecule has 7 nitrogen and oxygen atoms in total. The molecule has 0 saturated heterocycles. The number of hydrogen-bond donors (Lipinski definition) is 1. The van der Waals surface area contributed by atoms with Gasteiger partial charge in [-0.25, -0.2) is 0 Å². The summed E-state index contributed by atoms with van der Waals surface area (Å²) in [6.07, 6.45) is 1.93. The molecular formula is C22H28N4O3. The average molecular weight is 396 g/mol. The van der Waals surface area contributed by atoms with Gasteiger partial charge in [0.05, 0.1) is 4.92 Å². The number of fused-ring (bicyclic) bond motifs is 1. The number of nitro benzene ring substituents is 1. The highest BCUT2D eigenvalue weighted by Crippen LogP contribution is 2.27. The first-order valence-corrected chi connectivity index (χ1v) is 9.95. The Bertz CT molecular complexity index is 897. The first-order valence-electron chi connectivity index (χ1n) is 9.95. The summed E-state index contributed by atoms with van der Waals surface area (Å²) in [7, 11) is 3.48. The van der Waals surface area contributed by atoms with E-state index in [1.807, 2.05) is 0 Å². The number of carbonyl (C=O) groups is 1. The zero-order chi connectivity index (χ0) is 21.0. The Morgan fingerprint density at radius 1 is 1.24 bits per heavy atom. The van der Waals surface area contributed by atoms with Crippen LogP contribution in [0.1, 0.15) is 34.8 Å². The van der Waals surface area contributed by atoms with Gasteiger partial charge in [0, 0.05) is 51.4 Å². The van der Waals surface area contributed by atoms with E-state index in [2.05, 4.69) is 41.4 Å². The van der Waals surface area contributed by atoms with Crippen molar-refractivity contribution < 1.29 is 9.72 Å². The summed E-state index contributed by atoms with van der Waals surface area (Å²) < 4.78 is 0. The fourth-order valence-corrected chi connectivity index (χ4v) is 3.86. The Morgan fingerprint density at radius 3 is 2.62 bits per heavy atom. The van der Waals surface area contributed by atoms with Crippen LogP contribution in [0.4, 0.5) is 11.4 Å². The highest BCUT2D eigenvalue weighted by molar-refractivity contribution is 5.95. The summed E-state index contributed by atoms with van der Waals surface area (Å²) in [5.74, 6) is -0.283. The van der Waals surface area contributed by atoms with Crippen LogP contribution in [0.5, 0.6) is 0 Å². The van der Waals surface area contributed by atoms with E-state index in [1.165, 1.54) is 17.2 Å². The molecule has 2 aromatic rings. The summed E-state index contributed by atoms with van der Waals surface area (Å²) in [6.45, 7) is 4.48. The van der Waals surface area contributed by atoms with Crippen molar-refractivity contribution in [2.75, 3.05) is 32.1 Å². The maximum Gasteiger partial charge on any atom is 0.293 e. The molecule has 1 unspecified atom stereocenters. The summed E-state index contributed by atoms with van der Waals surface area (Å²) >= 11 is 0. The maximum atomic E-state index is 12.6. The lowest BCUT2D eigenvalue weighted by Gasteiger charge is -2.35. The third-order valence-electron chi connectivity index (χ3n) is 5.56. The fraction of sp³-hybridized carbons (Fsp3) is 0.409. The van der Waals surface area contributed by atoms with Crippen LogP contribution in [0.25, 0.3) is 0 Å². The molecule has 154 valence electrons. The molecule has 0 fully saturated rings.